The van der Waals surface area contributed by atoms with Gasteiger partial charge in [0.05, 0.1) is 6.61 Å². The van der Waals surface area contributed by atoms with Crippen LogP contribution in [0.15, 0.2) is 24.3 Å². The number of benzene rings is 1. The number of rotatable bonds is 7. The van der Waals surface area contributed by atoms with Crippen molar-refractivity contribution in [3.63, 3.8) is 0 Å². The first kappa shape index (κ1) is 20.6. The fourth-order valence-electron chi connectivity index (χ4n) is 2.00. The minimum atomic E-state index is -4.83. The van der Waals surface area contributed by atoms with Crippen LogP contribution in [0.3, 0.4) is 0 Å². The lowest BCUT2D eigenvalue weighted by Crippen LogP contribution is -2.49. The molecule has 2 N–H and O–H groups in total. The van der Waals surface area contributed by atoms with Crippen LogP contribution in [0.1, 0.15) is 26.3 Å². The maximum atomic E-state index is 12.4. The second-order valence-corrected chi connectivity index (χ2v) is 5.46. The van der Waals surface area contributed by atoms with Crippen molar-refractivity contribution in [2.75, 3.05) is 6.61 Å². The molecule has 0 spiro atoms. The molecule has 1 rings (SSSR count). The van der Waals surface area contributed by atoms with Crippen molar-refractivity contribution in [2.24, 2.45) is 5.92 Å². The van der Waals surface area contributed by atoms with Crippen molar-refractivity contribution >= 4 is 12.0 Å². The van der Waals surface area contributed by atoms with Gasteiger partial charge < -0.3 is 20.1 Å². The van der Waals surface area contributed by atoms with Crippen molar-refractivity contribution in [1.82, 2.24) is 10.6 Å². The number of hydrogen-bond acceptors (Lipinski definition) is 4. The monoisotopic (exact) mass is 362 g/mol. The second-order valence-electron chi connectivity index (χ2n) is 5.46. The van der Waals surface area contributed by atoms with Gasteiger partial charge in [0, 0.05) is 12.1 Å². The van der Waals surface area contributed by atoms with E-state index < -0.39 is 30.2 Å². The Balaban J connectivity index is 2.75. The molecule has 0 saturated carbocycles. The highest BCUT2D eigenvalue weighted by Crippen LogP contribution is 2.26. The molecule has 0 aliphatic heterocycles. The van der Waals surface area contributed by atoms with E-state index in [1.165, 1.54) is 18.2 Å². The maximum absolute atomic E-state index is 12.4. The lowest BCUT2D eigenvalue weighted by atomic mass is 10.0. The number of hydrogen-bond donors (Lipinski definition) is 2. The van der Waals surface area contributed by atoms with Gasteiger partial charge in [-0.2, -0.15) is 0 Å². The van der Waals surface area contributed by atoms with Gasteiger partial charge in [-0.15, -0.1) is 13.2 Å². The average Bonchev–Trinajstić information content (AvgIpc) is 2.50. The molecule has 2 amide bonds. The molecule has 0 heterocycles. The summed E-state index contributed by atoms with van der Waals surface area (Å²) in [5, 5.41) is 4.92. The summed E-state index contributed by atoms with van der Waals surface area (Å²) in [6.45, 7) is 5.04. The Morgan fingerprint density at radius 2 is 1.84 bits per heavy atom. The standard InChI is InChI=1S/C16H21F3N2O4/c1-4-24-15(23)21-13(10(2)3)14(22)20-9-11-7-5-6-8-12(11)25-16(17,18)19/h5-8,10,13H,4,9H2,1-3H3,(H,20,22)(H,21,23)/t13-/m0/s1. The smallest absolute Gasteiger partial charge is 0.450 e. The van der Waals surface area contributed by atoms with Crippen LogP contribution >= 0.6 is 0 Å². The molecule has 140 valence electrons. The summed E-state index contributed by atoms with van der Waals surface area (Å²) in [6.07, 6.45) is -5.57. The molecular formula is C16H21F3N2O4. The normalized spacial score (nSPS) is 12.4. The zero-order chi connectivity index (χ0) is 19.0. The Morgan fingerprint density at radius 3 is 2.40 bits per heavy atom. The van der Waals surface area contributed by atoms with Gasteiger partial charge in [0.1, 0.15) is 11.8 Å². The van der Waals surface area contributed by atoms with Crippen LogP contribution in [-0.2, 0) is 16.1 Å². The number of carbonyl (C=O) groups is 2. The molecule has 0 saturated heterocycles. The zero-order valence-corrected chi connectivity index (χ0v) is 14.1. The van der Waals surface area contributed by atoms with Crippen molar-refractivity contribution in [3.8, 4) is 5.75 Å². The highest BCUT2D eigenvalue weighted by molar-refractivity contribution is 5.85. The third kappa shape index (κ3) is 7.32. The summed E-state index contributed by atoms with van der Waals surface area (Å²) in [6, 6.07) is 4.61. The van der Waals surface area contributed by atoms with E-state index in [0.717, 1.165) is 6.07 Å². The summed E-state index contributed by atoms with van der Waals surface area (Å²) >= 11 is 0. The molecule has 0 aromatic heterocycles. The largest absolute Gasteiger partial charge is 0.573 e. The van der Waals surface area contributed by atoms with E-state index in [0.29, 0.717) is 0 Å². The van der Waals surface area contributed by atoms with Gasteiger partial charge in [0.15, 0.2) is 0 Å². The van der Waals surface area contributed by atoms with Gasteiger partial charge >= 0.3 is 12.5 Å². The first-order valence-corrected chi connectivity index (χ1v) is 7.68. The Labute approximate surface area is 143 Å². The lowest BCUT2D eigenvalue weighted by Gasteiger charge is -2.21. The second kappa shape index (κ2) is 9.14. The van der Waals surface area contributed by atoms with E-state index in [4.69, 9.17) is 4.74 Å². The number of alkyl carbamates (subject to hydrolysis) is 1. The van der Waals surface area contributed by atoms with E-state index in [1.54, 1.807) is 20.8 Å². The van der Waals surface area contributed by atoms with Crippen molar-refractivity contribution in [1.29, 1.82) is 0 Å². The molecule has 1 aromatic carbocycles. The van der Waals surface area contributed by atoms with E-state index in [2.05, 4.69) is 15.4 Å². The molecule has 0 fully saturated rings. The minimum absolute atomic E-state index is 0.153. The molecule has 1 atom stereocenters. The summed E-state index contributed by atoms with van der Waals surface area (Å²) in [5.74, 6) is -1.18. The van der Waals surface area contributed by atoms with Crippen LogP contribution in [0.25, 0.3) is 0 Å². The maximum Gasteiger partial charge on any atom is 0.573 e. The van der Waals surface area contributed by atoms with E-state index in [-0.39, 0.29) is 24.6 Å². The number of ether oxygens (including phenoxy) is 2. The molecule has 9 heteroatoms. The van der Waals surface area contributed by atoms with Crippen LogP contribution < -0.4 is 15.4 Å². The molecule has 0 aliphatic rings. The number of nitrogens with one attached hydrogen (secondary N) is 2. The minimum Gasteiger partial charge on any atom is -0.450 e. The van der Waals surface area contributed by atoms with Crippen LogP contribution in [0.5, 0.6) is 5.75 Å². The van der Waals surface area contributed by atoms with E-state index in [1.807, 2.05) is 0 Å². The van der Waals surface area contributed by atoms with Gasteiger partial charge in [-0.3, -0.25) is 4.79 Å². The number of carbonyl (C=O) groups excluding carboxylic acids is 2. The van der Waals surface area contributed by atoms with Crippen LogP contribution in [0, 0.1) is 5.92 Å². The third-order valence-electron chi connectivity index (χ3n) is 3.15. The quantitative estimate of drug-likeness (QED) is 0.782. The first-order valence-electron chi connectivity index (χ1n) is 7.68. The number of alkyl halides is 3. The van der Waals surface area contributed by atoms with Crippen LogP contribution in [0.2, 0.25) is 0 Å². The highest BCUT2D eigenvalue weighted by Gasteiger charge is 2.32. The Morgan fingerprint density at radius 1 is 1.20 bits per heavy atom. The highest BCUT2D eigenvalue weighted by atomic mass is 19.4. The third-order valence-corrected chi connectivity index (χ3v) is 3.15. The lowest BCUT2D eigenvalue weighted by molar-refractivity contribution is -0.274. The predicted molar refractivity (Wildman–Crippen MR) is 83.8 cm³/mol. The molecule has 1 aromatic rings. The molecule has 0 bridgehead atoms. The van der Waals surface area contributed by atoms with Crippen LogP contribution in [-0.4, -0.2) is 31.0 Å². The van der Waals surface area contributed by atoms with E-state index in [9.17, 15) is 22.8 Å². The summed E-state index contributed by atoms with van der Waals surface area (Å²) in [4.78, 5) is 23.7. The van der Waals surface area contributed by atoms with Gasteiger partial charge in [0.2, 0.25) is 5.91 Å². The average molecular weight is 362 g/mol. The molecule has 25 heavy (non-hydrogen) atoms. The van der Waals surface area contributed by atoms with Crippen molar-refractivity contribution < 1.29 is 32.2 Å². The van der Waals surface area contributed by atoms with Gasteiger partial charge in [-0.05, 0) is 18.9 Å². The molecule has 6 nitrogen and oxygen atoms in total. The topological polar surface area (TPSA) is 76.7 Å². The van der Waals surface area contributed by atoms with Crippen molar-refractivity contribution in [2.45, 2.75) is 39.7 Å². The predicted octanol–water partition coefficient (Wildman–Crippen LogP) is 2.97. The summed E-state index contributed by atoms with van der Waals surface area (Å²) in [5.41, 5.74) is 0.159. The number of para-hydroxylation sites is 1. The van der Waals surface area contributed by atoms with E-state index >= 15 is 0 Å². The van der Waals surface area contributed by atoms with Crippen LogP contribution in [0.4, 0.5) is 18.0 Å². The molecular weight excluding hydrogens is 341 g/mol. The summed E-state index contributed by atoms with van der Waals surface area (Å²) < 4.78 is 45.9. The Bertz CT molecular complexity index is 591. The molecule has 0 unspecified atom stereocenters. The Kier molecular flexibility index (Phi) is 7.53. The van der Waals surface area contributed by atoms with Gasteiger partial charge in [0.25, 0.3) is 0 Å². The fraction of sp³-hybridized carbons (Fsp3) is 0.500. The summed E-state index contributed by atoms with van der Waals surface area (Å²) in [7, 11) is 0. The first-order chi connectivity index (χ1) is 11.6. The molecule has 0 radical (unpaired) electrons. The van der Waals surface area contributed by atoms with Gasteiger partial charge in [-0.25, -0.2) is 4.79 Å². The van der Waals surface area contributed by atoms with Crippen molar-refractivity contribution in [3.05, 3.63) is 29.8 Å². The number of amides is 2. The molecule has 0 aliphatic carbocycles. The fourth-order valence-corrected chi connectivity index (χ4v) is 2.00. The zero-order valence-electron chi connectivity index (χ0n) is 14.1. The number of halogens is 3. The Hall–Kier alpha value is -2.45. The SMILES string of the molecule is CCOC(=O)N[C@H](C(=O)NCc1ccccc1OC(F)(F)F)C(C)C. The van der Waals surface area contributed by atoms with Gasteiger partial charge in [-0.1, -0.05) is 32.0 Å².